The fraction of sp³-hybridized carbons (Fsp3) is 0.385. The number of hydrogen-bond acceptors (Lipinski definition) is 4. The van der Waals surface area contributed by atoms with Crippen LogP contribution in [0.2, 0.25) is 0 Å². The predicted octanol–water partition coefficient (Wildman–Crippen LogP) is 3.75. The summed E-state index contributed by atoms with van der Waals surface area (Å²) in [6.45, 7) is 5.31. The van der Waals surface area contributed by atoms with Crippen molar-refractivity contribution in [2.24, 2.45) is 0 Å². The summed E-state index contributed by atoms with van der Waals surface area (Å²) in [6, 6.07) is 15.0. The molecule has 4 rings (SSSR count). The Labute approximate surface area is 200 Å². The molecule has 2 aromatic carbocycles. The number of piperidine rings is 1. The summed E-state index contributed by atoms with van der Waals surface area (Å²) in [6.07, 6.45) is 2.51. The Balaban J connectivity index is 1.75. The van der Waals surface area contributed by atoms with Crippen LogP contribution in [-0.4, -0.2) is 49.6 Å². The number of fused-ring (bicyclic) bond motifs is 1. The van der Waals surface area contributed by atoms with E-state index in [1.54, 1.807) is 28.6 Å². The van der Waals surface area contributed by atoms with Gasteiger partial charge in [0.1, 0.15) is 0 Å². The zero-order chi connectivity index (χ0) is 24.6. The lowest BCUT2D eigenvalue weighted by Crippen LogP contribution is -2.37. The topological polar surface area (TPSA) is 79.7 Å². The van der Waals surface area contributed by atoms with E-state index in [4.69, 9.17) is 0 Å². The van der Waals surface area contributed by atoms with Gasteiger partial charge in [0, 0.05) is 49.4 Å². The molecule has 0 atom stereocenters. The number of benzene rings is 2. The second-order valence-electron chi connectivity index (χ2n) is 9.05. The first kappa shape index (κ1) is 24.2. The molecule has 1 aromatic heterocycles. The van der Waals surface area contributed by atoms with E-state index in [-0.39, 0.29) is 17.4 Å². The fourth-order valence-electron chi connectivity index (χ4n) is 4.78. The molecule has 1 saturated heterocycles. The van der Waals surface area contributed by atoms with Crippen LogP contribution in [-0.2, 0) is 16.6 Å². The van der Waals surface area contributed by atoms with Crippen LogP contribution in [0, 0.1) is 6.92 Å². The maximum Gasteiger partial charge on any atom is 0.258 e. The molecule has 2 heterocycles. The molecule has 0 N–H and O–H groups in total. The molecule has 180 valence electrons. The smallest absolute Gasteiger partial charge is 0.258 e. The van der Waals surface area contributed by atoms with Crippen LogP contribution in [0.25, 0.3) is 10.9 Å². The second-order valence-corrected chi connectivity index (χ2v) is 11.0. The van der Waals surface area contributed by atoms with Gasteiger partial charge in [-0.05, 0) is 68.5 Å². The molecule has 0 spiro atoms. The molecule has 1 aliphatic heterocycles. The van der Waals surface area contributed by atoms with Gasteiger partial charge in [0.2, 0.25) is 10.0 Å². The monoisotopic (exact) mass is 481 g/mol. The van der Waals surface area contributed by atoms with Crippen molar-refractivity contribution >= 4 is 32.5 Å². The second kappa shape index (κ2) is 9.35. The summed E-state index contributed by atoms with van der Waals surface area (Å²) < 4.78 is 27.1. The van der Waals surface area contributed by atoms with E-state index in [2.05, 4.69) is 0 Å². The third kappa shape index (κ3) is 4.65. The van der Waals surface area contributed by atoms with Gasteiger partial charge in [0.15, 0.2) is 0 Å². The molecule has 0 aliphatic carbocycles. The number of amides is 1. The molecule has 1 fully saturated rings. The molecular formula is C26H31N3O4S. The van der Waals surface area contributed by atoms with E-state index in [0.717, 1.165) is 27.7 Å². The highest BCUT2D eigenvalue weighted by molar-refractivity contribution is 7.88. The normalized spacial score (nSPS) is 15.5. The third-order valence-corrected chi connectivity index (χ3v) is 8.10. The molecule has 34 heavy (non-hydrogen) atoms. The highest BCUT2D eigenvalue weighted by Gasteiger charge is 2.28. The van der Waals surface area contributed by atoms with Crippen molar-refractivity contribution in [2.75, 3.05) is 31.3 Å². The average Bonchev–Trinajstić information content (AvgIpc) is 2.82. The minimum atomic E-state index is -3.23. The van der Waals surface area contributed by atoms with Crippen LogP contribution in [0.1, 0.15) is 47.2 Å². The predicted molar refractivity (Wildman–Crippen MR) is 136 cm³/mol. The van der Waals surface area contributed by atoms with Crippen molar-refractivity contribution in [1.82, 2.24) is 8.87 Å². The first-order valence-electron chi connectivity index (χ1n) is 11.6. The first-order valence-corrected chi connectivity index (χ1v) is 13.4. The average molecular weight is 482 g/mol. The van der Waals surface area contributed by atoms with Gasteiger partial charge in [0.25, 0.3) is 11.5 Å². The summed E-state index contributed by atoms with van der Waals surface area (Å²) in [7, 11) is -1.48. The Hall–Kier alpha value is -2.97. The van der Waals surface area contributed by atoms with Crippen LogP contribution in [0.4, 0.5) is 5.69 Å². The van der Waals surface area contributed by atoms with E-state index in [0.29, 0.717) is 38.0 Å². The lowest BCUT2D eigenvalue weighted by atomic mass is 9.87. The van der Waals surface area contributed by atoms with Gasteiger partial charge in [0.05, 0.1) is 11.8 Å². The summed E-state index contributed by atoms with van der Waals surface area (Å²) in [5.41, 5.74) is 4.09. The van der Waals surface area contributed by atoms with Crippen molar-refractivity contribution in [3.8, 4) is 0 Å². The van der Waals surface area contributed by atoms with Gasteiger partial charge >= 0.3 is 0 Å². The van der Waals surface area contributed by atoms with Gasteiger partial charge in [-0.1, -0.05) is 17.7 Å². The minimum absolute atomic E-state index is 0.0555. The molecule has 1 aliphatic rings. The number of sulfonamides is 1. The Morgan fingerprint density at radius 3 is 2.29 bits per heavy atom. The van der Waals surface area contributed by atoms with Crippen molar-refractivity contribution in [2.45, 2.75) is 39.2 Å². The number of aromatic nitrogens is 1. The van der Waals surface area contributed by atoms with Crippen LogP contribution >= 0.6 is 0 Å². The number of aryl methyl sites for hydroxylation is 2. The SMILES string of the molecule is CCn1c(=O)cc(C2CCN(S(C)(=O)=O)CC2)c2cc(C(=O)N(C)c3ccc(C)cc3)ccc21. The number of carbonyl (C=O) groups excluding carboxylic acids is 1. The molecule has 0 bridgehead atoms. The molecule has 7 nitrogen and oxygen atoms in total. The van der Waals surface area contributed by atoms with Crippen LogP contribution in [0.15, 0.2) is 53.3 Å². The summed E-state index contributed by atoms with van der Waals surface area (Å²) in [5, 5.41) is 0.877. The van der Waals surface area contributed by atoms with Crippen LogP contribution < -0.4 is 10.5 Å². The van der Waals surface area contributed by atoms with Crippen LogP contribution in [0.5, 0.6) is 0 Å². The third-order valence-electron chi connectivity index (χ3n) is 6.80. The van der Waals surface area contributed by atoms with E-state index < -0.39 is 10.0 Å². The molecule has 1 amide bonds. The quantitative estimate of drug-likeness (QED) is 0.556. The van der Waals surface area contributed by atoms with Gasteiger partial charge in [-0.2, -0.15) is 0 Å². The van der Waals surface area contributed by atoms with Crippen molar-refractivity contribution < 1.29 is 13.2 Å². The van der Waals surface area contributed by atoms with Crippen molar-refractivity contribution in [3.05, 3.63) is 75.6 Å². The molecular weight excluding hydrogens is 450 g/mol. The zero-order valence-electron chi connectivity index (χ0n) is 20.1. The highest BCUT2D eigenvalue weighted by atomic mass is 32.2. The Morgan fingerprint density at radius 2 is 1.71 bits per heavy atom. The zero-order valence-corrected chi connectivity index (χ0v) is 20.9. The minimum Gasteiger partial charge on any atom is -0.311 e. The largest absolute Gasteiger partial charge is 0.311 e. The Kier molecular flexibility index (Phi) is 6.64. The van der Waals surface area contributed by atoms with E-state index in [1.165, 1.54) is 10.6 Å². The maximum atomic E-state index is 13.3. The number of hydrogen-bond donors (Lipinski definition) is 0. The lowest BCUT2D eigenvalue weighted by molar-refractivity contribution is 0.0993. The molecule has 3 aromatic rings. The Morgan fingerprint density at radius 1 is 1.06 bits per heavy atom. The van der Waals surface area contributed by atoms with Gasteiger partial charge < -0.3 is 9.47 Å². The number of anilines is 1. The summed E-state index contributed by atoms with van der Waals surface area (Å²) in [5.74, 6) is -0.0715. The van der Waals surface area contributed by atoms with Crippen molar-refractivity contribution in [1.29, 1.82) is 0 Å². The fourth-order valence-corrected chi connectivity index (χ4v) is 5.66. The molecule has 0 saturated carbocycles. The van der Waals surface area contributed by atoms with Gasteiger partial charge in [-0.15, -0.1) is 0 Å². The molecule has 0 radical (unpaired) electrons. The number of rotatable bonds is 5. The van der Waals surface area contributed by atoms with E-state index >= 15 is 0 Å². The summed E-state index contributed by atoms with van der Waals surface area (Å²) >= 11 is 0. The standard InChI is InChI=1S/C26H31N3O4S/c1-5-29-24-11-8-20(26(31)27(3)21-9-6-18(2)7-10-21)16-23(24)22(17-25(29)30)19-12-14-28(15-13-19)34(4,32)33/h6-11,16-17,19H,5,12-15H2,1-4H3. The van der Waals surface area contributed by atoms with Gasteiger partial charge in [-0.25, -0.2) is 12.7 Å². The maximum absolute atomic E-state index is 13.3. The first-order chi connectivity index (χ1) is 16.1. The molecule has 0 unspecified atom stereocenters. The Bertz CT molecular complexity index is 1390. The molecule has 8 heteroatoms. The number of pyridine rings is 1. The van der Waals surface area contributed by atoms with Gasteiger partial charge in [-0.3, -0.25) is 9.59 Å². The highest BCUT2D eigenvalue weighted by Crippen LogP contribution is 2.33. The summed E-state index contributed by atoms with van der Waals surface area (Å²) in [4.78, 5) is 27.8. The number of carbonyl (C=O) groups is 1. The van der Waals surface area contributed by atoms with Crippen LogP contribution in [0.3, 0.4) is 0 Å². The van der Waals surface area contributed by atoms with Crippen molar-refractivity contribution in [3.63, 3.8) is 0 Å². The number of nitrogens with zero attached hydrogens (tertiary/aromatic N) is 3. The van der Waals surface area contributed by atoms with E-state index in [9.17, 15) is 18.0 Å². The van der Waals surface area contributed by atoms with E-state index in [1.807, 2.05) is 50.2 Å². The lowest BCUT2D eigenvalue weighted by Gasteiger charge is -2.31.